The van der Waals surface area contributed by atoms with Gasteiger partial charge in [0.05, 0.1) is 5.92 Å². The number of carbonyl (C=O) groups is 1. The molecule has 2 N–H and O–H groups in total. The molecule has 0 saturated heterocycles. The Labute approximate surface area is 137 Å². The Balaban J connectivity index is 2.06. The Bertz CT molecular complexity index is 626. The molecule has 0 saturated carbocycles. The second kappa shape index (κ2) is 8.34. The average molecular weight is 312 g/mol. The molecule has 1 amide bonds. The van der Waals surface area contributed by atoms with Gasteiger partial charge in [0.1, 0.15) is 5.75 Å². The summed E-state index contributed by atoms with van der Waals surface area (Å²) in [7, 11) is 4.00. The lowest BCUT2D eigenvalue weighted by molar-refractivity contribution is -0.122. The number of hydrogen-bond donors (Lipinski definition) is 2. The van der Waals surface area contributed by atoms with Crippen LogP contribution in [0.3, 0.4) is 0 Å². The van der Waals surface area contributed by atoms with E-state index in [9.17, 15) is 9.90 Å². The Morgan fingerprint density at radius 1 is 1.09 bits per heavy atom. The van der Waals surface area contributed by atoms with Crippen LogP contribution < -0.4 is 5.32 Å². The maximum absolute atomic E-state index is 12.6. The summed E-state index contributed by atoms with van der Waals surface area (Å²) >= 11 is 0. The van der Waals surface area contributed by atoms with E-state index in [1.807, 2.05) is 56.6 Å². The van der Waals surface area contributed by atoms with E-state index in [2.05, 4.69) is 10.2 Å². The Morgan fingerprint density at radius 2 is 1.74 bits per heavy atom. The third kappa shape index (κ3) is 5.11. The van der Waals surface area contributed by atoms with Crippen molar-refractivity contribution in [2.24, 2.45) is 0 Å². The summed E-state index contributed by atoms with van der Waals surface area (Å²) in [6, 6.07) is 16.9. The SMILES string of the molecule is CN(C)CCC(C(=O)NCc1ccccc1O)c1ccccc1. The topological polar surface area (TPSA) is 52.6 Å². The highest BCUT2D eigenvalue weighted by Gasteiger charge is 2.20. The van der Waals surface area contributed by atoms with E-state index >= 15 is 0 Å². The molecule has 0 spiro atoms. The molecule has 2 aromatic carbocycles. The van der Waals surface area contributed by atoms with Gasteiger partial charge in [-0.05, 0) is 38.7 Å². The molecule has 0 aromatic heterocycles. The quantitative estimate of drug-likeness (QED) is 0.826. The number of phenolic OH excluding ortho intramolecular Hbond substituents is 1. The lowest BCUT2D eigenvalue weighted by atomic mass is 9.94. The van der Waals surface area contributed by atoms with Crippen LogP contribution in [0.4, 0.5) is 0 Å². The summed E-state index contributed by atoms with van der Waals surface area (Å²) in [5, 5.41) is 12.7. The molecule has 2 rings (SSSR count). The van der Waals surface area contributed by atoms with Gasteiger partial charge in [-0.15, -0.1) is 0 Å². The van der Waals surface area contributed by atoms with Crippen molar-refractivity contribution >= 4 is 5.91 Å². The van der Waals surface area contributed by atoms with E-state index in [1.165, 1.54) is 0 Å². The lowest BCUT2D eigenvalue weighted by Gasteiger charge is -2.19. The largest absolute Gasteiger partial charge is 0.508 e. The van der Waals surface area contributed by atoms with E-state index in [4.69, 9.17) is 0 Å². The van der Waals surface area contributed by atoms with Crippen LogP contribution >= 0.6 is 0 Å². The predicted molar refractivity (Wildman–Crippen MR) is 92.3 cm³/mol. The van der Waals surface area contributed by atoms with E-state index < -0.39 is 0 Å². The molecule has 0 radical (unpaired) electrons. The smallest absolute Gasteiger partial charge is 0.227 e. The van der Waals surface area contributed by atoms with Crippen molar-refractivity contribution in [3.8, 4) is 5.75 Å². The van der Waals surface area contributed by atoms with Crippen LogP contribution in [0.15, 0.2) is 54.6 Å². The number of nitrogens with one attached hydrogen (secondary N) is 1. The summed E-state index contributed by atoms with van der Waals surface area (Å²) in [5.41, 5.74) is 1.74. The first-order valence-corrected chi connectivity index (χ1v) is 7.82. The van der Waals surface area contributed by atoms with Crippen LogP contribution in [0.1, 0.15) is 23.5 Å². The summed E-state index contributed by atoms with van der Waals surface area (Å²) in [4.78, 5) is 14.7. The minimum absolute atomic E-state index is 0.0127. The highest BCUT2D eigenvalue weighted by atomic mass is 16.3. The van der Waals surface area contributed by atoms with Crippen molar-refractivity contribution in [1.29, 1.82) is 0 Å². The molecule has 2 aromatic rings. The van der Waals surface area contributed by atoms with Crippen molar-refractivity contribution in [3.05, 3.63) is 65.7 Å². The minimum atomic E-state index is -0.190. The van der Waals surface area contributed by atoms with Gasteiger partial charge in [0, 0.05) is 12.1 Å². The molecule has 0 aliphatic rings. The Morgan fingerprint density at radius 3 is 2.39 bits per heavy atom. The van der Waals surface area contributed by atoms with Gasteiger partial charge in [-0.2, -0.15) is 0 Å². The zero-order valence-corrected chi connectivity index (χ0v) is 13.7. The molecule has 0 fully saturated rings. The molecule has 4 heteroatoms. The molecular formula is C19H24N2O2. The fraction of sp³-hybridized carbons (Fsp3) is 0.316. The van der Waals surface area contributed by atoms with Crippen LogP contribution in [-0.2, 0) is 11.3 Å². The first kappa shape index (κ1) is 17.0. The van der Waals surface area contributed by atoms with Crippen LogP contribution in [0.5, 0.6) is 5.75 Å². The van der Waals surface area contributed by atoms with Gasteiger partial charge in [0.15, 0.2) is 0 Å². The maximum atomic E-state index is 12.6. The summed E-state index contributed by atoms with van der Waals surface area (Å²) in [5.74, 6) is 0.00288. The van der Waals surface area contributed by atoms with Gasteiger partial charge >= 0.3 is 0 Å². The third-order valence-electron chi connectivity index (χ3n) is 3.83. The highest BCUT2D eigenvalue weighted by Crippen LogP contribution is 2.21. The van der Waals surface area contributed by atoms with Crippen LogP contribution in [0.25, 0.3) is 0 Å². The summed E-state index contributed by atoms with van der Waals surface area (Å²) in [6.45, 7) is 1.17. The van der Waals surface area contributed by atoms with Gasteiger partial charge in [-0.25, -0.2) is 0 Å². The molecule has 1 unspecified atom stereocenters. The molecule has 1 atom stereocenters. The number of para-hydroxylation sites is 1. The van der Waals surface area contributed by atoms with Crippen molar-refractivity contribution < 1.29 is 9.90 Å². The molecule has 0 heterocycles. The highest BCUT2D eigenvalue weighted by molar-refractivity contribution is 5.83. The molecule has 0 aliphatic heterocycles. The molecule has 0 bridgehead atoms. The fourth-order valence-electron chi connectivity index (χ4n) is 2.49. The van der Waals surface area contributed by atoms with Crippen LogP contribution in [0.2, 0.25) is 0 Å². The standard InChI is InChI=1S/C19H24N2O2/c1-21(2)13-12-17(15-8-4-3-5-9-15)19(23)20-14-16-10-6-7-11-18(16)22/h3-11,17,22H,12-14H2,1-2H3,(H,20,23). The van der Waals surface area contributed by atoms with E-state index in [-0.39, 0.29) is 17.6 Å². The number of carbonyl (C=O) groups excluding carboxylic acids is 1. The number of aromatic hydroxyl groups is 1. The first-order chi connectivity index (χ1) is 11.1. The molecule has 4 nitrogen and oxygen atoms in total. The van der Waals surface area contributed by atoms with Gasteiger partial charge in [-0.3, -0.25) is 4.79 Å². The number of rotatable bonds is 7. The summed E-state index contributed by atoms with van der Waals surface area (Å²) < 4.78 is 0. The van der Waals surface area contributed by atoms with Crippen molar-refractivity contribution in [2.45, 2.75) is 18.9 Å². The first-order valence-electron chi connectivity index (χ1n) is 7.82. The van der Waals surface area contributed by atoms with E-state index in [1.54, 1.807) is 12.1 Å². The van der Waals surface area contributed by atoms with Gasteiger partial charge in [-0.1, -0.05) is 48.5 Å². The van der Waals surface area contributed by atoms with Crippen molar-refractivity contribution in [2.75, 3.05) is 20.6 Å². The fourth-order valence-corrected chi connectivity index (χ4v) is 2.49. The number of hydrogen-bond acceptors (Lipinski definition) is 3. The maximum Gasteiger partial charge on any atom is 0.227 e. The number of nitrogens with zero attached hydrogens (tertiary/aromatic N) is 1. The van der Waals surface area contributed by atoms with E-state index in [0.717, 1.165) is 24.1 Å². The monoisotopic (exact) mass is 312 g/mol. The second-order valence-corrected chi connectivity index (χ2v) is 5.90. The average Bonchev–Trinajstić information content (AvgIpc) is 2.55. The predicted octanol–water partition coefficient (Wildman–Crippen LogP) is 2.74. The molecule has 0 aliphatic carbocycles. The Hall–Kier alpha value is -2.33. The van der Waals surface area contributed by atoms with Gasteiger partial charge in [0.25, 0.3) is 0 Å². The molecule has 23 heavy (non-hydrogen) atoms. The van der Waals surface area contributed by atoms with E-state index in [0.29, 0.717) is 6.54 Å². The molecule has 122 valence electrons. The van der Waals surface area contributed by atoms with Crippen LogP contribution in [0, 0.1) is 0 Å². The minimum Gasteiger partial charge on any atom is -0.508 e. The normalized spacial score (nSPS) is 12.1. The number of benzene rings is 2. The lowest BCUT2D eigenvalue weighted by Crippen LogP contribution is -2.31. The number of amides is 1. The van der Waals surface area contributed by atoms with Crippen molar-refractivity contribution in [3.63, 3.8) is 0 Å². The number of phenols is 1. The van der Waals surface area contributed by atoms with Crippen molar-refractivity contribution in [1.82, 2.24) is 10.2 Å². The molecular weight excluding hydrogens is 288 g/mol. The second-order valence-electron chi connectivity index (χ2n) is 5.90. The zero-order chi connectivity index (χ0) is 16.7. The third-order valence-corrected chi connectivity index (χ3v) is 3.83. The Kier molecular flexibility index (Phi) is 6.18. The van der Waals surface area contributed by atoms with Gasteiger partial charge in [0.2, 0.25) is 5.91 Å². The van der Waals surface area contributed by atoms with Crippen LogP contribution in [-0.4, -0.2) is 36.6 Å². The van der Waals surface area contributed by atoms with Gasteiger partial charge < -0.3 is 15.3 Å². The summed E-state index contributed by atoms with van der Waals surface area (Å²) in [6.07, 6.45) is 0.754. The zero-order valence-electron chi connectivity index (χ0n) is 13.7.